The van der Waals surface area contributed by atoms with Crippen molar-refractivity contribution in [2.24, 2.45) is 0 Å². The maximum Gasteiger partial charge on any atom is 0.251 e. The summed E-state index contributed by atoms with van der Waals surface area (Å²) >= 11 is 0. The molecule has 20 heavy (non-hydrogen) atoms. The van der Waals surface area contributed by atoms with E-state index >= 15 is 0 Å². The summed E-state index contributed by atoms with van der Waals surface area (Å²) in [4.78, 5) is 23.1. The van der Waals surface area contributed by atoms with Crippen molar-refractivity contribution in [1.82, 2.24) is 15.0 Å². The minimum Gasteiger partial charge on any atom is -0.306 e. The quantitative estimate of drug-likeness (QED) is 0.773. The number of aryl methyl sites for hydroxylation is 1. The second kappa shape index (κ2) is 5.09. The molecule has 0 radical (unpaired) electrons. The molecule has 3 rings (SSSR count). The van der Waals surface area contributed by atoms with E-state index < -0.39 is 0 Å². The molecule has 4 heteroatoms. The normalized spacial score (nSPS) is 10.4. The highest BCUT2D eigenvalue weighted by atomic mass is 16.1. The van der Waals surface area contributed by atoms with Crippen molar-refractivity contribution in [3.8, 4) is 22.6 Å². The first-order valence-electron chi connectivity index (χ1n) is 6.31. The van der Waals surface area contributed by atoms with E-state index in [4.69, 9.17) is 0 Å². The maximum atomic E-state index is 11.8. The van der Waals surface area contributed by atoms with E-state index in [0.29, 0.717) is 11.5 Å². The Morgan fingerprint density at radius 3 is 2.55 bits per heavy atom. The maximum absolute atomic E-state index is 11.8. The first-order chi connectivity index (χ1) is 9.72. The van der Waals surface area contributed by atoms with E-state index in [-0.39, 0.29) is 5.56 Å². The second-order valence-corrected chi connectivity index (χ2v) is 4.59. The Morgan fingerprint density at radius 1 is 1.05 bits per heavy atom. The topological polar surface area (TPSA) is 58.6 Å². The van der Waals surface area contributed by atoms with Crippen LogP contribution < -0.4 is 5.56 Å². The van der Waals surface area contributed by atoms with E-state index in [0.717, 1.165) is 11.1 Å². The summed E-state index contributed by atoms with van der Waals surface area (Å²) in [5.41, 5.74) is 3.33. The Hall–Kier alpha value is -2.75. The summed E-state index contributed by atoms with van der Waals surface area (Å²) in [5, 5.41) is 0. The highest BCUT2D eigenvalue weighted by Gasteiger charge is 2.06. The molecule has 1 aromatic carbocycles. The number of nitrogens with zero attached hydrogens (tertiary/aromatic N) is 2. The highest BCUT2D eigenvalue weighted by Crippen LogP contribution is 2.18. The van der Waals surface area contributed by atoms with Gasteiger partial charge in [-0.25, -0.2) is 4.98 Å². The standard InChI is InChI=1S/C16H13N3O/c1-11-4-6-12(7-5-11)16-18-14(9-15(20)19-16)13-3-2-8-17-10-13/h2-10H,1H3,(H,18,19,20). The van der Waals surface area contributed by atoms with Gasteiger partial charge in [0.1, 0.15) is 5.82 Å². The Labute approximate surface area is 116 Å². The molecule has 4 nitrogen and oxygen atoms in total. The number of aromatic amines is 1. The molecular formula is C16H13N3O. The van der Waals surface area contributed by atoms with Gasteiger partial charge in [-0.2, -0.15) is 0 Å². The molecule has 0 atom stereocenters. The third kappa shape index (κ3) is 2.49. The Balaban J connectivity index is 2.12. The molecule has 3 aromatic rings. The van der Waals surface area contributed by atoms with Gasteiger partial charge in [0, 0.05) is 29.6 Å². The molecule has 0 saturated carbocycles. The zero-order valence-electron chi connectivity index (χ0n) is 11.0. The third-order valence-electron chi connectivity index (χ3n) is 3.02. The molecular weight excluding hydrogens is 250 g/mol. The SMILES string of the molecule is Cc1ccc(-c2nc(-c3cccnc3)cc(=O)[nH]2)cc1. The summed E-state index contributed by atoms with van der Waals surface area (Å²) in [7, 11) is 0. The van der Waals surface area contributed by atoms with Crippen LogP contribution in [0.4, 0.5) is 0 Å². The van der Waals surface area contributed by atoms with Gasteiger partial charge in [0.05, 0.1) is 5.69 Å². The number of rotatable bonds is 2. The van der Waals surface area contributed by atoms with Gasteiger partial charge in [0.25, 0.3) is 5.56 Å². The number of nitrogens with one attached hydrogen (secondary N) is 1. The van der Waals surface area contributed by atoms with E-state index in [1.54, 1.807) is 12.4 Å². The molecule has 0 bridgehead atoms. The summed E-state index contributed by atoms with van der Waals surface area (Å²) in [6.07, 6.45) is 3.39. The van der Waals surface area contributed by atoms with Gasteiger partial charge in [-0.05, 0) is 19.1 Å². The van der Waals surface area contributed by atoms with Crippen molar-refractivity contribution in [3.05, 3.63) is 70.8 Å². The van der Waals surface area contributed by atoms with Crippen LogP contribution in [-0.4, -0.2) is 15.0 Å². The molecule has 0 aliphatic heterocycles. The van der Waals surface area contributed by atoms with Crippen LogP contribution in [0.1, 0.15) is 5.56 Å². The lowest BCUT2D eigenvalue weighted by Crippen LogP contribution is -2.08. The molecule has 0 spiro atoms. The fourth-order valence-electron chi connectivity index (χ4n) is 1.97. The van der Waals surface area contributed by atoms with Crippen LogP contribution in [0.5, 0.6) is 0 Å². The van der Waals surface area contributed by atoms with Crippen LogP contribution >= 0.6 is 0 Å². The summed E-state index contributed by atoms with van der Waals surface area (Å²) < 4.78 is 0. The molecule has 0 saturated heterocycles. The first-order valence-corrected chi connectivity index (χ1v) is 6.31. The number of aromatic nitrogens is 3. The van der Waals surface area contributed by atoms with Crippen LogP contribution in [-0.2, 0) is 0 Å². The predicted molar refractivity (Wildman–Crippen MR) is 78.3 cm³/mol. The van der Waals surface area contributed by atoms with Gasteiger partial charge in [-0.15, -0.1) is 0 Å². The second-order valence-electron chi connectivity index (χ2n) is 4.59. The van der Waals surface area contributed by atoms with Crippen molar-refractivity contribution in [1.29, 1.82) is 0 Å². The van der Waals surface area contributed by atoms with Gasteiger partial charge >= 0.3 is 0 Å². The van der Waals surface area contributed by atoms with Crippen molar-refractivity contribution in [2.45, 2.75) is 6.92 Å². The van der Waals surface area contributed by atoms with E-state index in [9.17, 15) is 4.79 Å². The molecule has 0 aliphatic rings. The van der Waals surface area contributed by atoms with Crippen LogP contribution in [0, 0.1) is 6.92 Å². The van der Waals surface area contributed by atoms with Crippen LogP contribution in [0.3, 0.4) is 0 Å². The van der Waals surface area contributed by atoms with E-state index in [1.165, 1.54) is 11.6 Å². The van der Waals surface area contributed by atoms with Gasteiger partial charge in [0.2, 0.25) is 0 Å². The molecule has 2 aromatic heterocycles. The monoisotopic (exact) mass is 263 g/mol. The van der Waals surface area contributed by atoms with Crippen molar-refractivity contribution in [2.75, 3.05) is 0 Å². The minimum absolute atomic E-state index is 0.172. The number of pyridine rings is 1. The number of hydrogen-bond acceptors (Lipinski definition) is 3. The van der Waals surface area contributed by atoms with Crippen molar-refractivity contribution < 1.29 is 0 Å². The smallest absolute Gasteiger partial charge is 0.251 e. The first kappa shape index (κ1) is 12.3. The lowest BCUT2D eigenvalue weighted by Gasteiger charge is -2.04. The van der Waals surface area contributed by atoms with E-state index in [2.05, 4.69) is 15.0 Å². The fourth-order valence-corrected chi connectivity index (χ4v) is 1.97. The average Bonchev–Trinajstić information content (AvgIpc) is 2.48. The van der Waals surface area contributed by atoms with Gasteiger partial charge < -0.3 is 4.98 Å². The zero-order chi connectivity index (χ0) is 13.9. The molecule has 0 unspecified atom stereocenters. The number of benzene rings is 1. The summed E-state index contributed by atoms with van der Waals surface area (Å²) in [5.74, 6) is 0.566. The molecule has 1 N–H and O–H groups in total. The van der Waals surface area contributed by atoms with Crippen molar-refractivity contribution in [3.63, 3.8) is 0 Å². The minimum atomic E-state index is -0.172. The summed E-state index contributed by atoms with van der Waals surface area (Å²) in [6.45, 7) is 2.02. The largest absolute Gasteiger partial charge is 0.306 e. The van der Waals surface area contributed by atoms with Gasteiger partial charge in [-0.3, -0.25) is 9.78 Å². The number of H-pyrrole nitrogens is 1. The molecule has 98 valence electrons. The van der Waals surface area contributed by atoms with Crippen LogP contribution in [0.2, 0.25) is 0 Å². The fraction of sp³-hybridized carbons (Fsp3) is 0.0625. The summed E-state index contributed by atoms with van der Waals surface area (Å²) in [6, 6.07) is 13.1. The molecule has 2 heterocycles. The average molecular weight is 263 g/mol. The Morgan fingerprint density at radius 2 is 1.85 bits per heavy atom. The zero-order valence-corrected chi connectivity index (χ0v) is 11.0. The number of hydrogen-bond donors (Lipinski definition) is 1. The lowest BCUT2D eigenvalue weighted by molar-refractivity contribution is 1.13. The van der Waals surface area contributed by atoms with Crippen LogP contribution in [0.15, 0.2) is 59.7 Å². The van der Waals surface area contributed by atoms with Gasteiger partial charge in [-0.1, -0.05) is 29.8 Å². The lowest BCUT2D eigenvalue weighted by atomic mass is 10.1. The van der Waals surface area contributed by atoms with Crippen LogP contribution in [0.25, 0.3) is 22.6 Å². The van der Waals surface area contributed by atoms with Gasteiger partial charge in [0.15, 0.2) is 0 Å². The molecule has 0 fully saturated rings. The third-order valence-corrected chi connectivity index (χ3v) is 3.02. The van der Waals surface area contributed by atoms with Crippen molar-refractivity contribution >= 4 is 0 Å². The Bertz CT molecular complexity index is 777. The Kier molecular flexibility index (Phi) is 3.13. The highest BCUT2D eigenvalue weighted by molar-refractivity contribution is 5.62. The van der Waals surface area contributed by atoms with E-state index in [1.807, 2.05) is 43.3 Å². The molecule has 0 amide bonds. The molecule has 0 aliphatic carbocycles. The predicted octanol–water partition coefficient (Wildman–Crippen LogP) is 2.81.